The molecule has 0 amide bonds. The SMILES string of the molecule is [CH2-]CCC(=O)CN.[Y]. The predicted molar refractivity (Wildman–Crippen MR) is 28.7 cm³/mol. The van der Waals surface area contributed by atoms with Crippen molar-refractivity contribution in [2.24, 2.45) is 5.73 Å². The van der Waals surface area contributed by atoms with Gasteiger partial charge < -0.3 is 12.7 Å². The van der Waals surface area contributed by atoms with Gasteiger partial charge in [0.15, 0.2) is 0 Å². The Balaban J connectivity index is 0. The van der Waals surface area contributed by atoms with E-state index in [1.54, 1.807) is 0 Å². The van der Waals surface area contributed by atoms with Crippen LogP contribution < -0.4 is 5.73 Å². The van der Waals surface area contributed by atoms with Gasteiger partial charge in [-0.1, -0.05) is 0 Å². The van der Waals surface area contributed by atoms with Crippen molar-refractivity contribution in [1.29, 1.82) is 0 Å². The minimum absolute atomic E-state index is 0. The molecule has 1 radical (unpaired) electrons. The van der Waals surface area contributed by atoms with E-state index in [1.165, 1.54) is 0 Å². The molecule has 0 spiro atoms. The zero-order valence-corrected chi connectivity index (χ0v) is 7.73. The van der Waals surface area contributed by atoms with E-state index in [2.05, 4.69) is 6.92 Å². The summed E-state index contributed by atoms with van der Waals surface area (Å²) in [5.41, 5.74) is 4.98. The Morgan fingerprint density at radius 1 is 1.62 bits per heavy atom. The second-order valence-corrected chi connectivity index (χ2v) is 1.35. The van der Waals surface area contributed by atoms with Crippen molar-refractivity contribution < 1.29 is 37.5 Å². The van der Waals surface area contributed by atoms with E-state index in [1.807, 2.05) is 0 Å². The topological polar surface area (TPSA) is 43.1 Å². The fourth-order valence-electron chi connectivity index (χ4n) is 0.299. The first-order valence-electron chi connectivity index (χ1n) is 2.32. The summed E-state index contributed by atoms with van der Waals surface area (Å²) in [6.07, 6.45) is 1.19. The van der Waals surface area contributed by atoms with Crippen LogP contribution in [0.2, 0.25) is 0 Å². The van der Waals surface area contributed by atoms with Gasteiger partial charge in [0.2, 0.25) is 0 Å². The molecule has 0 aliphatic heterocycles. The monoisotopic (exact) mass is 189 g/mol. The van der Waals surface area contributed by atoms with E-state index in [0.29, 0.717) is 12.8 Å². The van der Waals surface area contributed by atoms with Crippen LogP contribution in [0.1, 0.15) is 12.8 Å². The van der Waals surface area contributed by atoms with Crippen LogP contribution in [-0.4, -0.2) is 12.3 Å². The largest absolute Gasteiger partial charge is 0.343 e. The average molecular weight is 189 g/mol. The number of Topliss-reactive ketones (excluding diaryl/α,β-unsaturated/α-hetero) is 1. The Labute approximate surface area is 75.1 Å². The van der Waals surface area contributed by atoms with E-state index >= 15 is 0 Å². The van der Waals surface area contributed by atoms with Crippen LogP contribution in [0.3, 0.4) is 0 Å². The normalized spacial score (nSPS) is 7.75. The molecule has 0 aromatic carbocycles. The maximum atomic E-state index is 10.2. The molecule has 2 nitrogen and oxygen atoms in total. The van der Waals surface area contributed by atoms with Gasteiger partial charge in [-0.2, -0.15) is 6.42 Å². The fourth-order valence-corrected chi connectivity index (χ4v) is 0.299. The van der Waals surface area contributed by atoms with Gasteiger partial charge in [0, 0.05) is 32.7 Å². The van der Waals surface area contributed by atoms with Gasteiger partial charge in [0.05, 0.1) is 6.54 Å². The van der Waals surface area contributed by atoms with Crippen LogP contribution in [0.25, 0.3) is 0 Å². The van der Waals surface area contributed by atoms with Crippen molar-refractivity contribution in [3.63, 3.8) is 0 Å². The zero-order chi connectivity index (χ0) is 5.70. The van der Waals surface area contributed by atoms with Crippen LogP contribution in [0, 0.1) is 6.92 Å². The molecule has 45 valence electrons. The molecule has 0 unspecified atom stereocenters. The van der Waals surface area contributed by atoms with Gasteiger partial charge in [-0.3, -0.25) is 4.79 Å². The molecule has 0 rings (SSSR count). The van der Waals surface area contributed by atoms with Crippen LogP contribution in [-0.2, 0) is 37.5 Å². The van der Waals surface area contributed by atoms with Crippen LogP contribution in [0.4, 0.5) is 0 Å². The van der Waals surface area contributed by atoms with Gasteiger partial charge >= 0.3 is 0 Å². The molecule has 0 saturated heterocycles. The van der Waals surface area contributed by atoms with Crippen LogP contribution in [0.5, 0.6) is 0 Å². The molecule has 0 fully saturated rings. The standard InChI is InChI=1S/C5H10NO.Y/c1-2-3-5(7)4-6;/h1-4,6H2;/q-1;. The summed E-state index contributed by atoms with van der Waals surface area (Å²) in [7, 11) is 0. The first-order valence-corrected chi connectivity index (χ1v) is 2.32. The van der Waals surface area contributed by atoms with E-state index < -0.39 is 0 Å². The molecule has 3 heteroatoms. The molecule has 0 saturated carbocycles. The van der Waals surface area contributed by atoms with Crippen molar-refractivity contribution in [3.05, 3.63) is 6.92 Å². The average Bonchev–Trinajstić information content (AvgIpc) is 1.68. The summed E-state index contributed by atoms with van der Waals surface area (Å²) < 4.78 is 0. The summed E-state index contributed by atoms with van der Waals surface area (Å²) in [5, 5.41) is 0. The van der Waals surface area contributed by atoms with Crippen molar-refractivity contribution >= 4 is 5.78 Å². The maximum absolute atomic E-state index is 10.2. The number of carbonyl (C=O) groups excluding carboxylic acids is 1. The van der Waals surface area contributed by atoms with E-state index in [4.69, 9.17) is 5.73 Å². The van der Waals surface area contributed by atoms with E-state index in [0.717, 1.165) is 0 Å². The summed E-state index contributed by atoms with van der Waals surface area (Å²) in [5.74, 6) is 0.0926. The van der Waals surface area contributed by atoms with Crippen LogP contribution >= 0.6 is 0 Å². The third-order valence-electron chi connectivity index (χ3n) is 0.683. The number of hydrogen-bond donors (Lipinski definition) is 1. The smallest absolute Gasteiger partial charge is 0.143 e. The zero-order valence-electron chi connectivity index (χ0n) is 4.89. The number of ketones is 1. The second kappa shape index (κ2) is 7.73. The Bertz CT molecular complexity index is 65.4. The third-order valence-corrected chi connectivity index (χ3v) is 0.683. The Hall–Kier alpha value is 0.734. The molecule has 0 aliphatic carbocycles. The Morgan fingerprint density at radius 3 is 2.25 bits per heavy atom. The number of carbonyl (C=O) groups is 1. The minimum atomic E-state index is 0. The predicted octanol–water partition coefficient (Wildman–Crippen LogP) is 0.126. The van der Waals surface area contributed by atoms with Crippen LogP contribution in [0.15, 0.2) is 0 Å². The molecular formula is C5H10NOY-. The summed E-state index contributed by atoms with van der Waals surface area (Å²) in [6, 6.07) is 0. The fraction of sp³-hybridized carbons (Fsp3) is 0.600. The van der Waals surface area contributed by atoms with Gasteiger partial charge in [-0.15, -0.1) is 0 Å². The van der Waals surface area contributed by atoms with Crippen molar-refractivity contribution in [2.45, 2.75) is 12.8 Å². The van der Waals surface area contributed by atoms with Crippen molar-refractivity contribution in [1.82, 2.24) is 0 Å². The molecule has 2 N–H and O–H groups in total. The number of hydrogen-bond acceptors (Lipinski definition) is 2. The summed E-state index contributed by atoms with van der Waals surface area (Å²) in [6.45, 7) is 3.66. The van der Waals surface area contributed by atoms with E-state index in [-0.39, 0.29) is 45.0 Å². The first-order chi connectivity index (χ1) is 3.31. The van der Waals surface area contributed by atoms with Gasteiger partial charge in [0.25, 0.3) is 0 Å². The first kappa shape index (κ1) is 11.5. The van der Waals surface area contributed by atoms with Gasteiger partial charge in [-0.05, 0) is 6.42 Å². The van der Waals surface area contributed by atoms with Gasteiger partial charge in [0.1, 0.15) is 5.78 Å². The maximum Gasteiger partial charge on any atom is 0.143 e. The van der Waals surface area contributed by atoms with Gasteiger partial charge in [-0.25, -0.2) is 0 Å². The summed E-state index contributed by atoms with van der Waals surface area (Å²) in [4.78, 5) is 10.2. The number of nitrogens with two attached hydrogens (primary N) is 1. The Morgan fingerprint density at radius 2 is 2.12 bits per heavy atom. The Kier molecular flexibility index (Phi) is 11.1. The summed E-state index contributed by atoms with van der Waals surface area (Å²) >= 11 is 0. The van der Waals surface area contributed by atoms with Crippen molar-refractivity contribution in [3.8, 4) is 0 Å². The molecule has 0 aromatic rings. The molecule has 0 atom stereocenters. The number of rotatable bonds is 3. The molecule has 0 heterocycles. The van der Waals surface area contributed by atoms with E-state index in [9.17, 15) is 4.79 Å². The molecule has 8 heavy (non-hydrogen) atoms. The molecule has 0 aliphatic rings. The molecular weight excluding hydrogens is 179 g/mol. The van der Waals surface area contributed by atoms with Crippen molar-refractivity contribution in [2.75, 3.05) is 6.54 Å². The minimum Gasteiger partial charge on any atom is -0.343 e. The third kappa shape index (κ3) is 6.73. The molecule has 0 aromatic heterocycles. The molecule has 0 bridgehead atoms. The second-order valence-electron chi connectivity index (χ2n) is 1.35. The quantitative estimate of drug-likeness (QED) is 0.641.